The van der Waals surface area contributed by atoms with Gasteiger partial charge in [-0.05, 0) is 89.9 Å². The molecule has 0 radical (unpaired) electrons. The van der Waals surface area contributed by atoms with Gasteiger partial charge in [-0.15, -0.1) is 0 Å². The second-order valence-corrected chi connectivity index (χ2v) is 16.8. The van der Waals surface area contributed by atoms with E-state index in [-0.39, 0.29) is 18.5 Å². The van der Waals surface area contributed by atoms with Gasteiger partial charge in [0.25, 0.3) is 0 Å². The second kappa shape index (κ2) is 46.8. The summed E-state index contributed by atoms with van der Waals surface area (Å²) < 4.78 is 5.45. The molecule has 0 aliphatic rings. The lowest BCUT2D eigenvalue weighted by Crippen LogP contribution is -2.45. The maximum absolute atomic E-state index is 12.3. The number of carbonyl (C=O) groups excluding carboxylic acids is 2. The van der Waals surface area contributed by atoms with Crippen molar-refractivity contribution in [3.63, 3.8) is 0 Å². The molecule has 6 nitrogen and oxygen atoms in total. The molecule has 0 aromatic rings. The molecule has 3 N–H and O–H groups in total. The third-order valence-electron chi connectivity index (χ3n) is 11.1. The highest BCUT2D eigenvalue weighted by molar-refractivity contribution is 5.76. The number of aliphatic hydroxyl groups excluding tert-OH is 2. The zero-order chi connectivity index (χ0) is 41.5. The van der Waals surface area contributed by atoms with Gasteiger partial charge in [0.15, 0.2) is 0 Å². The summed E-state index contributed by atoms with van der Waals surface area (Å²) in [5, 5.41) is 22.8. The van der Waals surface area contributed by atoms with E-state index in [1.165, 1.54) is 141 Å². The van der Waals surface area contributed by atoms with E-state index in [0.29, 0.717) is 19.4 Å². The topological polar surface area (TPSA) is 95.9 Å². The smallest absolute Gasteiger partial charge is 0.305 e. The van der Waals surface area contributed by atoms with E-state index in [9.17, 15) is 19.8 Å². The van der Waals surface area contributed by atoms with Crippen molar-refractivity contribution in [2.45, 2.75) is 264 Å². The number of aliphatic hydroxyl groups is 2. The van der Waals surface area contributed by atoms with Gasteiger partial charge in [-0.3, -0.25) is 9.59 Å². The monoisotopic (exact) mass is 802 g/mol. The summed E-state index contributed by atoms with van der Waals surface area (Å²) >= 11 is 0. The highest BCUT2D eigenvalue weighted by Crippen LogP contribution is 2.14. The number of hydrogen-bond donors (Lipinski definition) is 3. The van der Waals surface area contributed by atoms with Crippen molar-refractivity contribution in [3.8, 4) is 0 Å². The second-order valence-electron chi connectivity index (χ2n) is 16.8. The molecule has 1 amide bonds. The fraction of sp³-hybridized carbons (Fsp3) is 0.843. The van der Waals surface area contributed by atoms with Crippen molar-refractivity contribution < 1.29 is 24.5 Å². The number of ether oxygens (including phenoxy) is 1. The van der Waals surface area contributed by atoms with Crippen LogP contribution in [0.1, 0.15) is 251 Å². The summed E-state index contributed by atoms with van der Waals surface area (Å²) in [5.41, 5.74) is 0. The molecule has 0 rings (SSSR count). The maximum Gasteiger partial charge on any atom is 0.305 e. The van der Waals surface area contributed by atoms with Crippen LogP contribution in [0.5, 0.6) is 0 Å². The molecule has 0 aliphatic heterocycles. The molecule has 334 valence electrons. The molecule has 0 aromatic heterocycles. The van der Waals surface area contributed by atoms with Crippen molar-refractivity contribution >= 4 is 11.9 Å². The first kappa shape index (κ1) is 55.1. The van der Waals surface area contributed by atoms with Crippen LogP contribution in [0.3, 0.4) is 0 Å². The van der Waals surface area contributed by atoms with E-state index in [4.69, 9.17) is 4.74 Å². The first-order valence-electron chi connectivity index (χ1n) is 24.8. The third-order valence-corrected chi connectivity index (χ3v) is 11.1. The molecule has 6 heteroatoms. The van der Waals surface area contributed by atoms with Gasteiger partial charge in [0, 0.05) is 12.8 Å². The first-order valence-corrected chi connectivity index (χ1v) is 24.8. The van der Waals surface area contributed by atoms with Crippen LogP contribution in [0, 0.1) is 0 Å². The number of nitrogens with one attached hydrogen (secondary N) is 1. The van der Waals surface area contributed by atoms with Crippen LogP contribution in [0.15, 0.2) is 36.5 Å². The van der Waals surface area contributed by atoms with Crippen LogP contribution in [-0.4, -0.2) is 47.4 Å². The lowest BCUT2D eigenvalue weighted by atomic mass is 10.1. The number of esters is 1. The molecule has 0 saturated heterocycles. The molecule has 0 spiro atoms. The molecule has 2 unspecified atom stereocenters. The van der Waals surface area contributed by atoms with Gasteiger partial charge in [0.1, 0.15) is 0 Å². The van der Waals surface area contributed by atoms with Crippen molar-refractivity contribution in [1.29, 1.82) is 0 Å². The largest absolute Gasteiger partial charge is 0.466 e. The van der Waals surface area contributed by atoms with Crippen molar-refractivity contribution in [2.75, 3.05) is 13.2 Å². The summed E-state index contributed by atoms with van der Waals surface area (Å²) in [6.07, 6.45) is 55.8. The SMILES string of the molecule is CCCCCCCC/C=C\CCCCCCCCCCCC(=O)OCCCCC/C=C\CCCCCCCC(=O)NC(CO)C(O)/C=C/CCCCCCCCC. The van der Waals surface area contributed by atoms with Crippen LogP contribution in [-0.2, 0) is 14.3 Å². The average molecular weight is 802 g/mol. The zero-order valence-corrected chi connectivity index (χ0v) is 37.8. The van der Waals surface area contributed by atoms with Crippen molar-refractivity contribution in [2.24, 2.45) is 0 Å². The molecule has 0 fully saturated rings. The Morgan fingerprint density at radius 3 is 1.25 bits per heavy atom. The average Bonchev–Trinajstić information content (AvgIpc) is 3.21. The summed E-state index contributed by atoms with van der Waals surface area (Å²) in [5.74, 6) is -0.124. The van der Waals surface area contributed by atoms with Crippen molar-refractivity contribution in [3.05, 3.63) is 36.5 Å². The summed E-state index contributed by atoms with van der Waals surface area (Å²) in [6.45, 7) is 4.80. The molecule has 0 bridgehead atoms. The van der Waals surface area contributed by atoms with Gasteiger partial charge in [0.2, 0.25) is 5.91 Å². The fourth-order valence-electron chi connectivity index (χ4n) is 7.27. The normalized spacial score (nSPS) is 13.0. The highest BCUT2D eigenvalue weighted by Gasteiger charge is 2.18. The molecular weight excluding hydrogens is 707 g/mol. The molecule has 2 atom stereocenters. The standard InChI is InChI=1S/C51H95NO5/c1-3-5-7-9-11-13-14-15-16-17-18-19-20-21-25-29-33-37-41-45-51(56)57-46-42-38-34-30-26-23-22-24-28-32-36-40-44-50(55)52-48(47-53)49(54)43-39-35-31-27-12-10-8-6-4-2/h15-16,23,26,39,43,48-49,53-54H,3-14,17-22,24-25,27-38,40-42,44-47H2,1-2H3,(H,52,55)/b16-15-,26-23-,43-39+. The van der Waals surface area contributed by atoms with E-state index < -0.39 is 12.1 Å². The number of carbonyl (C=O) groups is 2. The Hall–Kier alpha value is -1.92. The maximum atomic E-state index is 12.3. The van der Waals surface area contributed by atoms with Gasteiger partial charge >= 0.3 is 5.97 Å². The van der Waals surface area contributed by atoms with Gasteiger partial charge in [-0.1, -0.05) is 185 Å². The van der Waals surface area contributed by atoms with E-state index in [0.717, 1.165) is 83.5 Å². The van der Waals surface area contributed by atoms with Crippen LogP contribution in [0.25, 0.3) is 0 Å². The minimum atomic E-state index is -0.858. The van der Waals surface area contributed by atoms with Crippen LogP contribution in [0.2, 0.25) is 0 Å². The number of unbranched alkanes of at least 4 members (excludes halogenated alkanes) is 30. The van der Waals surface area contributed by atoms with Gasteiger partial charge in [-0.25, -0.2) is 0 Å². The minimum absolute atomic E-state index is 0.0261. The highest BCUT2D eigenvalue weighted by atomic mass is 16.5. The Morgan fingerprint density at radius 1 is 0.474 bits per heavy atom. The Labute approximate surface area is 353 Å². The van der Waals surface area contributed by atoms with Crippen LogP contribution < -0.4 is 5.32 Å². The van der Waals surface area contributed by atoms with Crippen molar-refractivity contribution in [1.82, 2.24) is 5.32 Å². The van der Waals surface area contributed by atoms with E-state index in [1.807, 2.05) is 6.08 Å². The predicted molar refractivity (Wildman–Crippen MR) is 246 cm³/mol. The Kier molecular flexibility index (Phi) is 45.2. The lowest BCUT2D eigenvalue weighted by Gasteiger charge is -2.20. The summed E-state index contributed by atoms with van der Waals surface area (Å²) in [4.78, 5) is 24.4. The molecular formula is C51H95NO5. The Morgan fingerprint density at radius 2 is 0.825 bits per heavy atom. The Bertz CT molecular complexity index is 931. The molecule has 0 saturated carbocycles. The molecule has 0 heterocycles. The lowest BCUT2D eigenvalue weighted by molar-refractivity contribution is -0.143. The van der Waals surface area contributed by atoms with E-state index in [1.54, 1.807) is 6.08 Å². The zero-order valence-electron chi connectivity index (χ0n) is 37.8. The molecule has 0 aromatic carbocycles. The number of rotatable bonds is 45. The number of allylic oxidation sites excluding steroid dienone is 5. The summed E-state index contributed by atoms with van der Waals surface area (Å²) in [6, 6.07) is -0.644. The quantitative estimate of drug-likeness (QED) is 0.0324. The summed E-state index contributed by atoms with van der Waals surface area (Å²) in [7, 11) is 0. The van der Waals surface area contributed by atoms with E-state index >= 15 is 0 Å². The van der Waals surface area contributed by atoms with E-state index in [2.05, 4.69) is 43.5 Å². The van der Waals surface area contributed by atoms with Gasteiger partial charge in [-0.2, -0.15) is 0 Å². The van der Waals surface area contributed by atoms with Crippen LogP contribution in [0.4, 0.5) is 0 Å². The number of amides is 1. The molecule has 57 heavy (non-hydrogen) atoms. The van der Waals surface area contributed by atoms with Gasteiger partial charge < -0.3 is 20.3 Å². The fourth-order valence-corrected chi connectivity index (χ4v) is 7.27. The van der Waals surface area contributed by atoms with Crippen LogP contribution >= 0.6 is 0 Å². The molecule has 0 aliphatic carbocycles. The predicted octanol–water partition coefficient (Wildman–Crippen LogP) is 14.5. The Balaban J connectivity index is 3.49. The third kappa shape index (κ3) is 43.5. The minimum Gasteiger partial charge on any atom is -0.466 e. The van der Waals surface area contributed by atoms with Gasteiger partial charge in [0.05, 0.1) is 25.4 Å². The first-order chi connectivity index (χ1) is 28.0. The number of hydrogen-bond acceptors (Lipinski definition) is 5.